The summed E-state index contributed by atoms with van der Waals surface area (Å²) in [5, 5.41) is 0.830. The standard InChI is InChI=1S/C17H25BrN2O/c1-3-19(4-2)16-9-11-20(12-10-16)17(21)15-7-5-14(13-18)6-8-15/h5-8,16H,3-4,9-13H2,1-2H3. The van der Waals surface area contributed by atoms with Gasteiger partial charge in [-0.2, -0.15) is 0 Å². The molecule has 1 amide bonds. The Morgan fingerprint density at radius 3 is 2.24 bits per heavy atom. The first kappa shape index (κ1) is 16.5. The molecular weight excluding hydrogens is 328 g/mol. The molecule has 21 heavy (non-hydrogen) atoms. The third kappa shape index (κ3) is 4.07. The zero-order chi connectivity index (χ0) is 15.2. The van der Waals surface area contributed by atoms with Gasteiger partial charge in [0, 0.05) is 30.0 Å². The fraction of sp³-hybridized carbons (Fsp3) is 0.588. The van der Waals surface area contributed by atoms with Gasteiger partial charge in [-0.1, -0.05) is 41.9 Å². The summed E-state index contributed by atoms with van der Waals surface area (Å²) in [6, 6.07) is 8.56. The van der Waals surface area contributed by atoms with Gasteiger partial charge in [0.05, 0.1) is 0 Å². The van der Waals surface area contributed by atoms with Gasteiger partial charge < -0.3 is 9.80 Å². The summed E-state index contributed by atoms with van der Waals surface area (Å²) in [5.74, 6) is 0.175. The predicted molar refractivity (Wildman–Crippen MR) is 90.9 cm³/mol. The summed E-state index contributed by atoms with van der Waals surface area (Å²) in [6.45, 7) is 8.38. The molecule has 0 unspecified atom stereocenters. The van der Waals surface area contributed by atoms with Crippen molar-refractivity contribution in [3.05, 3.63) is 35.4 Å². The largest absolute Gasteiger partial charge is 0.339 e. The highest BCUT2D eigenvalue weighted by atomic mass is 79.9. The zero-order valence-corrected chi connectivity index (χ0v) is 14.6. The van der Waals surface area contributed by atoms with Crippen molar-refractivity contribution in [3.8, 4) is 0 Å². The number of carbonyl (C=O) groups excluding carboxylic acids is 1. The fourth-order valence-corrected chi connectivity index (χ4v) is 3.47. The molecular formula is C17H25BrN2O. The molecule has 1 aromatic rings. The van der Waals surface area contributed by atoms with Crippen molar-refractivity contribution in [1.29, 1.82) is 0 Å². The van der Waals surface area contributed by atoms with Crippen LogP contribution in [0.25, 0.3) is 0 Å². The number of alkyl halides is 1. The number of nitrogens with zero attached hydrogens (tertiary/aromatic N) is 2. The highest BCUT2D eigenvalue weighted by Gasteiger charge is 2.26. The van der Waals surface area contributed by atoms with Crippen molar-refractivity contribution < 1.29 is 4.79 Å². The van der Waals surface area contributed by atoms with Gasteiger partial charge in [-0.25, -0.2) is 0 Å². The summed E-state index contributed by atoms with van der Waals surface area (Å²) in [7, 11) is 0. The monoisotopic (exact) mass is 352 g/mol. The molecule has 1 aliphatic rings. The van der Waals surface area contributed by atoms with Gasteiger partial charge in [-0.3, -0.25) is 4.79 Å². The molecule has 1 aliphatic heterocycles. The van der Waals surface area contributed by atoms with Crippen LogP contribution in [0.15, 0.2) is 24.3 Å². The van der Waals surface area contributed by atoms with Gasteiger partial charge in [0.1, 0.15) is 0 Å². The van der Waals surface area contributed by atoms with Crippen LogP contribution in [0.5, 0.6) is 0 Å². The van der Waals surface area contributed by atoms with Crippen molar-refractivity contribution in [3.63, 3.8) is 0 Å². The first-order chi connectivity index (χ1) is 10.2. The lowest BCUT2D eigenvalue weighted by atomic mass is 10.0. The Morgan fingerprint density at radius 2 is 1.76 bits per heavy atom. The van der Waals surface area contributed by atoms with Crippen LogP contribution in [-0.2, 0) is 5.33 Å². The molecule has 0 atom stereocenters. The Kier molecular flexibility index (Phi) is 6.24. The SMILES string of the molecule is CCN(CC)C1CCN(C(=O)c2ccc(CBr)cc2)CC1. The van der Waals surface area contributed by atoms with Crippen molar-refractivity contribution >= 4 is 21.8 Å². The van der Waals surface area contributed by atoms with Crippen molar-refractivity contribution in [1.82, 2.24) is 9.80 Å². The number of hydrogen-bond donors (Lipinski definition) is 0. The number of amides is 1. The van der Waals surface area contributed by atoms with Crippen molar-refractivity contribution in [2.45, 2.75) is 38.1 Å². The molecule has 0 aromatic heterocycles. The molecule has 1 saturated heterocycles. The minimum Gasteiger partial charge on any atom is -0.339 e. The van der Waals surface area contributed by atoms with Crippen molar-refractivity contribution in [2.24, 2.45) is 0 Å². The average Bonchev–Trinajstić information content (AvgIpc) is 2.56. The molecule has 0 radical (unpaired) electrons. The minimum absolute atomic E-state index is 0.175. The first-order valence-corrected chi connectivity index (χ1v) is 9.00. The van der Waals surface area contributed by atoms with E-state index in [9.17, 15) is 4.79 Å². The number of piperidine rings is 1. The third-order valence-electron chi connectivity index (χ3n) is 4.44. The van der Waals surface area contributed by atoms with Crippen molar-refractivity contribution in [2.75, 3.05) is 26.2 Å². The van der Waals surface area contributed by atoms with E-state index >= 15 is 0 Å². The maximum absolute atomic E-state index is 12.5. The van der Waals surface area contributed by atoms with Gasteiger partial charge in [0.15, 0.2) is 0 Å². The molecule has 0 saturated carbocycles. The van der Waals surface area contributed by atoms with Gasteiger partial charge in [0.2, 0.25) is 0 Å². The second-order valence-electron chi connectivity index (χ2n) is 5.58. The van der Waals surface area contributed by atoms with E-state index < -0.39 is 0 Å². The number of benzene rings is 1. The second kappa shape index (κ2) is 7.95. The molecule has 2 rings (SSSR count). The highest BCUT2D eigenvalue weighted by Crippen LogP contribution is 2.19. The summed E-state index contributed by atoms with van der Waals surface area (Å²) < 4.78 is 0. The van der Waals surface area contributed by atoms with E-state index in [0.29, 0.717) is 6.04 Å². The van der Waals surface area contributed by atoms with Crippen LogP contribution < -0.4 is 0 Å². The molecule has 116 valence electrons. The van der Waals surface area contributed by atoms with Crippen LogP contribution in [0.4, 0.5) is 0 Å². The predicted octanol–water partition coefficient (Wildman–Crippen LogP) is 3.53. The molecule has 4 heteroatoms. The molecule has 1 aromatic carbocycles. The van der Waals surface area contributed by atoms with Gasteiger partial charge in [-0.15, -0.1) is 0 Å². The summed E-state index contributed by atoms with van der Waals surface area (Å²) >= 11 is 3.43. The van der Waals surface area contributed by atoms with E-state index in [2.05, 4.69) is 34.7 Å². The Morgan fingerprint density at radius 1 is 1.19 bits per heavy atom. The Bertz CT molecular complexity index is 448. The second-order valence-corrected chi connectivity index (χ2v) is 6.14. The number of carbonyl (C=O) groups is 1. The van der Waals surface area contributed by atoms with Crippen LogP contribution in [0.3, 0.4) is 0 Å². The summed E-state index contributed by atoms with van der Waals surface area (Å²) in [5.41, 5.74) is 2.01. The van der Waals surface area contributed by atoms with E-state index in [1.807, 2.05) is 29.2 Å². The number of rotatable bonds is 5. The van der Waals surface area contributed by atoms with Crippen LogP contribution >= 0.6 is 15.9 Å². The normalized spacial score (nSPS) is 16.5. The lowest BCUT2D eigenvalue weighted by Gasteiger charge is -2.37. The fourth-order valence-electron chi connectivity index (χ4n) is 3.09. The number of halogens is 1. The minimum atomic E-state index is 0.175. The van der Waals surface area contributed by atoms with E-state index in [1.165, 1.54) is 5.56 Å². The van der Waals surface area contributed by atoms with E-state index in [4.69, 9.17) is 0 Å². The topological polar surface area (TPSA) is 23.6 Å². The van der Waals surface area contributed by atoms with Crippen LogP contribution in [0, 0.1) is 0 Å². The molecule has 0 bridgehead atoms. The molecule has 0 aliphatic carbocycles. The smallest absolute Gasteiger partial charge is 0.253 e. The van der Waals surface area contributed by atoms with Crippen LogP contribution in [-0.4, -0.2) is 47.9 Å². The lowest BCUT2D eigenvalue weighted by Crippen LogP contribution is -2.46. The lowest BCUT2D eigenvalue weighted by molar-refractivity contribution is 0.0631. The zero-order valence-electron chi connectivity index (χ0n) is 13.0. The molecule has 3 nitrogen and oxygen atoms in total. The van der Waals surface area contributed by atoms with E-state index in [-0.39, 0.29) is 5.91 Å². The van der Waals surface area contributed by atoms with E-state index in [0.717, 1.165) is 49.9 Å². The van der Waals surface area contributed by atoms with Crippen LogP contribution in [0.2, 0.25) is 0 Å². The first-order valence-electron chi connectivity index (χ1n) is 7.87. The summed E-state index contributed by atoms with van der Waals surface area (Å²) in [6.07, 6.45) is 2.18. The maximum atomic E-state index is 12.5. The Hall–Kier alpha value is -0.870. The number of likely N-dealkylation sites (tertiary alicyclic amines) is 1. The molecule has 0 spiro atoms. The van der Waals surface area contributed by atoms with E-state index in [1.54, 1.807) is 0 Å². The highest BCUT2D eigenvalue weighted by molar-refractivity contribution is 9.08. The van der Waals surface area contributed by atoms with Gasteiger partial charge in [-0.05, 0) is 43.6 Å². The van der Waals surface area contributed by atoms with Gasteiger partial charge in [0.25, 0.3) is 5.91 Å². The van der Waals surface area contributed by atoms with Gasteiger partial charge >= 0.3 is 0 Å². The maximum Gasteiger partial charge on any atom is 0.253 e. The quantitative estimate of drug-likeness (QED) is 0.756. The average molecular weight is 353 g/mol. The summed E-state index contributed by atoms with van der Waals surface area (Å²) in [4.78, 5) is 17.0. The molecule has 1 fully saturated rings. The van der Waals surface area contributed by atoms with Crippen LogP contribution in [0.1, 0.15) is 42.6 Å². The Balaban J connectivity index is 1.93. The molecule has 0 N–H and O–H groups in total. The molecule has 1 heterocycles. The Labute approximate surface area is 136 Å². The number of hydrogen-bond acceptors (Lipinski definition) is 2. The third-order valence-corrected chi connectivity index (χ3v) is 5.08.